The number of hydrogen-bond donors (Lipinski definition) is 0. The first-order valence-electron chi connectivity index (χ1n) is 6.80. The summed E-state index contributed by atoms with van der Waals surface area (Å²) >= 11 is 0. The first-order valence-corrected chi connectivity index (χ1v) is 6.80. The minimum absolute atomic E-state index is 0.330. The highest BCUT2D eigenvalue weighted by atomic mass is 16.5. The lowest BCUT2D eigenvalue weighted by molar-refractivity contribution is -0.0299. The Kier molecular flexibility index (Phi) is 8.96. The molecular weight excluding hydrogens is 200 g/mol. The summed E-state index contributed by atoms with van der Waals surface area (Å²) in [5, 5.41) is 0. The number of ether oxygens (including phenoxy) is 2. The van der Waals surface area contributed by atoms with E-state index in [0.717, 1.165) is 25.7 Å². The van der Waals surface area contributed by atoms with Crippen LogP contribution in [0.5, 0.6) is 0 Å². The Morgan fingerprint density at radius 2 is 1.00 bits per heavy atom. The molecule has 0 radical (unpaired) electrons. The molecule has 0 aromatic rings. The Bertz CT molecular complexity index is 137. The topological polar surface area (TPSA) is 18.5 Å². The van der Waals surface area contributed by atoms with Gasteiger partial charge in [0.05, 0.1) is 24.4 Å². The van der Waals surface area contributed by atoms with Crippen molar-refractivity contribution in [1.29, 1.82) is 0 Å². The summed E-state index contributed by atoms with van der Waals surface area (Å²) in [6, 6.07) is 0. The molecule has 16 heavy (non-hydrogen) atoms. The standard InChI is InChI=1S/C14H30O2/c1-7-13(15-11(3)4)9-10-14(8-2)16-12(5)6/h11-14H,7-10H2,1-6H3. The third-order valence-corrected chi connectivity index (χ3v) is 2.65. The zero-order valence-electron chi connectivity index (χ0n) is 12.0. The molecule has 0 aliphatic heterocycles. The molecule has 0 saturated heterocycles. The van der Waals surface area contributed by atoms with Gasteiger partial charge in [-0.1, -0.05) is 13.8 Å². The highest BCUT2D eigenvalue weighted by Crippen LogP contribution is 2.15. The molecule has 2 nitrogen and oxygen atoms in total. The van der Waals surface area contributed by atoms with E-state index < -0.39 is 0 Å². The first-order chi connectivity index (χ1) is 7.49. The lowest BCUT2D eigenvalue weighted by atomic mass is 10.1. The molecule has 0 heterocycles. The van der Waals surface area contributed by atoms with Gasteiger partial charge in [0, 0.05) is 0 Å². The Balaban J connectivity index is 3.87. The molecule has 0 aliphatic rings. The third-order valence-electron chi connectivity index (χ3n) is 2.65. The lowest BCUT2D eigenvalue weighted by Gasteiger charge is -2.23. The minimum Gasteiger partial charge on any atom is -0.376 e. The van der Waals surface area contributed by atoms with Crippen LogP contribution in [0.4, 0.5) is 0 Å². The van der Waals surface area contributed by atoms with Gasteiger partial charge in [-0.25, -0.2) is 0 Å². The van der Waals surface area contributed by atoms with Crippen LogP contribution in [0.15, 0.2) is 0 Å². The maximum Gasteiger partial charge on any atom is 0.0577 e. The molecule has 0 aromatic heterocycles. The van der Waals surface area contributed by atoms with Crippen LogP contribution < -0.4 is 0 Å². The highest BCUT2D eigenvalue weighted by Gasteiger charge is 2.14. The highest BCUT2D eigenvalue weighted by molar-refractivity contribution is 4.64. The molecule has 2 heteroatoms. The molecule has 0 rings (SSSR count). The van der Waals surface area contributed by atoms with E-state index >= 15 is 0 Å². The van der Waals surface area contributed by atoms with Crippen LogP contribution in [0.1, 0.15) is 67.2 Å². The van der Waals surface area contributed by atoms with Gasteiger partial charge in [0.15, 0.2) is 0 Å². The van der Waals surface area contributed by atoms with E-state index in [9.17, 15) is 0 Å². The summed E-state index contributed by atoms with van der Waals surface area (Å²) < 4.78 is 11.7. The van der Waals surface area contributed by atoms with Crippen molar-refractivity contribution >= 4 is 0 Å². The van der Waals surface area contributed by atoms with Crippen LogP contribution in [0.2, 0.25) is 0 Å². The second kappa shape index (κ2) is 9.00. The monoisotopic (exact) mass is 230 g/mol. The fourth-order valence-electron chi connectivity index (χ4n) is 1.88. The summed E-state index contributed by atoms with van der Waals surface area (Å²) in [6.07, 6.45) is 5.86. The average molecular weight is 230 g/mol. The van der Waals surface area contributed by atoms with Gasteiger partial charge in [0.25, 0.3) is 0 Å². The SMILES string of the molecule is CCC(CCC(CC)OC(C)C)OC(C)C. The van der Waals surface area contributed by atoms with E-state index in [1.807, 2.05) is 0 Å². The van der Waals surface area contributed by atoms with Crippen molar-refractivity contribution in [2.45, 2.75) is 91.6 Å². The van der Waals surface area contributed by atoms with Crippen molar-refractivity contribution in [3.8, 4) is 0 Å². The molecule has 0 aromatic carbocycles. The maximum absolute atomic E-state index is 5.84. The molecule has 98 valence electrons. The van der Waals surface area contributed by atoms with E-state index in [4.69, 9.17) is 9.47 Å². The van der Waals surface area contributed by atoms with E-state index in [1.165, 1.54) is 0 Å². The molecular formula is C14H30O2. The van der Waals surface area contributed by atoms with Gasteiger partial charge in [-0.2, -0.15) is 0 Å². The van der Waals surface area contributed by atoms with Crippen LogP contribution in [0, 0.1) is 0 Å². The summed E-state index contributed by atoms with van der Waals surface area (Å²) in [7, 11) is 0. The fourth-order valence-corrected chi connectivity index (χ4v) is 1.88. The zero-order valence-corrected chi connectivity index (χ0v) is 12.0. The Hall–Kier alpha value is -0.0800. The predicted molar refractivity (Wildman–Crippen MR) is 69.8 cm³/mol. The number of hydrogen-bond acceptors (Lipinski definition) is 2. The van der Waals surface area contributed by atoms with Crippen LogP contribution in [-0.2, 0) is 9.47 Å². The number of rotatable bonds is 9. The fraction of sp³-hybridized carbons (Fsp3) is 1.00. The molecule has 0 aliphatic carbocycles. The Labute approximate surface area is 102 Å². The van der Waals surface area contributed by atoms with Gasteiger partial charge in [-0.05, 0) is 53.4 Å². The second-order valence-corrected chi connectivity index (χ2v) is 5.01. The molecule has 0 fully saturated rings. The van der Waals surface area contributed by atoms with E-state index in [1.54, 1.807) is 0 Å². The van der Waals surface area contributed by atoms with Crippen molar-refractivity contribution in [2.24, 2.45) is 0 Å². The largest absolute Gasteiger partial charge is 0.376 e. The molecule has 0 spiro atoms. The molecule has 2 atom stereocenters. The molecule has 0 saturated carbocycles. The van der Waals surface area contributed by atoms with Crippen molar-refractivity contribution in [3.63, 3.8) is 0 Å². The Morgan fingerprint density at radius 1 is 0.688 bits per heavy atom. The second-order valence-electron chi connectivity index (χ2n) is 5.01. The van der Waals surface area contributed by atoms with E-state index in [2.05, 4.69) is 41.5 Å². The van der Waals surface area contributed by atoms with E-state index in [0.29, 0.717) is 24.4 Å². The summed E-state index contributed by atoms with van der Waals surface area (Å²) in [5.41, 5.74) is 0. The van der Waals surface area contributed by atoms with Gasteiger partial charge in [0.2, 0.25) is 0 Å². The molecule has 2 unspecified atom stereocenters. The van der Waals surface area contributed by atoms with Crippen molar-refractivity contribution in [1.82, 2.24) is 0 Å². The summed E-state index contributed by atoms with van der Waals surface area (Å²) in [4.78, 5) is 0. The van der Waals surface area contributed by atoms with Gasteiger partial charge in [-0.3, -0.25) is 0 Å². The van der Waals surface area contributed by atoms with Gasteiger partial charge in [0.1, 0.15) is 0 Å². The van der Waals surface area contributed by atoms with Gasteiger partial charge < -0.3 is 9.47 Å². The predicted octanol–water partition coefficient (Wildman–Crippen LogP) is 4.17. The van der Waals surface area contributed by atoms with Crippen molar-refractivity contribution < 1.29 is 9.47 Å². The maximum atomic E-state index is 5.84. The minimum atomic E-state index is 0.330. The van der Waals surface area contributed by atoms with Crippen molar-refractivity contribution in [3.05, 3.63) is 0 Å². The van der Waals surface area contributed by atoms with Crippen LogP contribution in [-0.4, -0.2) is 24.4 Å². The van der Waals surface area contributed by atoms with Gasteiger partial charge in [-0.15, -0.1) is 0 Å². The smallest absolute Gasteiger partial charge is 0.0577 e. The summed E-state index contributed by atoms with van der Waals surface area (Å²) in [5.74, 6) is 0. The lowest BCUT2D eigenvalue weighted by Crippen LogP contribution is -2.22. The summed E-state index contributed by atoms with van der Waals surface area (Å²) in [6.45, 7) is 12.8. The Morgan fingerprint density at radius 3 is 1.19 bits per heavy atom. The van der Waals surface area contributed by atoms with Crippen LogP contribution >= 0.6 is 0 Å². The van der Waals surface area contributed by atoms with Crippen molar-refractivity contribution in [2.75, 3.05) is 0 Å². The molecule has 0 N–H and O–H groups in total. The van der Waals surface area contributed by atoms with Gasteiger partial charge >= 0.3 is 0 Å². The average Bonchev–Trinajstić information content (AvgIpc) is 2.20. The third kappa shape index (κ3) is 8.12. The molecule has 0 bridgehead atoms. The first kappa shape index (κ1) is 15.9. The van der Waals surface area contributed by atoms with Crippen LogP contribution in [0.3, 0.4) is 0 Å². The normalized spacial score (nSPS) is 15.8. The quantitative estimate of drug-likeness (QED) is 0.592. The van der Waals surface area contributed by atoms with Crippen LogP contribution in [0.25, 0.3) is 0 Å². The molecule has 0 amide bonds. The zero-order chi connectivity index (χ0) is 12.6. The van der Waals surface area contributed by atoms with E-state index in [-0.39, 0.29) is 0 Å².